The van der Waals surface area contributed by atoms with Crippen LogP contribution in [-0.4, -0.2) is 11.9 Å². The molecular formula is C17H19I2NO. The zero-order valence-electron chi connectivity index (χ0n) is 11.8. The number of nitrogens with one attached hydrogen (secondary N) is 1. The van der Waals surface area contributed by atoms with E-state index in [1.807, 2.05) is 12.1 Å². The van der Waals surface area contributed by atoms with Gasteiger partial charge in [0.2, 0.25) is 0 Å². The van der Waals surface area contributed by atoms with Crippen LogP contribution >= 0.6 is 45.2 Å². The Labute approximate surface area is 153 Å². The topological polar surface area (TPSA) is 29.1 Å². The van der Waals surface area contributed by atoms with Crippen LogP contribution in [0.25, 0.3) is 0 Å². The lowest BCUT2D eigenvalue weighted by molar-refractivity contribution is -0.0119. The molecule has 0 aromatic heterocycles. The Morgan fingerprint density at radius 2 is 1.62 bits per heavy atom. The summed E-state index contributed by atoms with van der Waals surface area (Å²) in [4.78, 5) is 12.7. The molecule has 4 aliphatic rings. The highest BCUT2D eigenvalue weighted by atomic mass is 127. The lowest BCUT2D eigenvalue weighted by Crippen LogP contribution is -2.55. The van der Waals surface area contributed by atoms with Crippen molar-refractivity contribution in [1.29, 1.82) is 0 Å². The highest BCUT2D eigenvalue weighted by molar-refractivity contribution is 14.1. The number of amides is 1. The average molecular weight is 507 g/mol. The number of hydrogen-bond acceptors (Lipinski definition) is 1. The van der Waals surface area contributed by atoms with E-state index in [2.05, 4.69) is 56.6 Å². The van der Waals surface area contributed by atoms with Gasteiger partial charge in [0.1, 0.15) is 0 Å². The standard InChI is InChI=1S/C17H19I2NO/c18-13-1-2-15(19)14(8-13)17(21)20-16-11-4-9-3-10(6-11)7-12(16)5-9/h1-2,8-12,16H,3-7H2,(H,20,21). The van der Waals surface area contributed by atoms with E-state index in [4.69, 9.17) is 0 Å². The molecule has 0 saturated heterocycles. The summed E-state index contributed by atoms with van der Waals surface area (Å²) >= 11 is 4.54. The molecule has 1 amide bonds. The van der Waals surface area contributed by atoms with Crippen LogP contribution in [0, 0.1) is 30.8 Å². The van der Waals surface area contributed by atoms with Crippen molar-refractivity contribution in [2.75, 3.05) is 0 Å². The third-order valence-corrected chi connectivity index (χ3v) is 7.31. The Bertz CT molecular complexity index is 558. The summed E-state index contributed by atoms with van der Waals surface area (Å²) in [5, 5.41) is 3.40. The lowest BCUT2D eigenvalue weighted by atomic mass is 9.54. The van der Waals surface area contributed by atoms with E-state index >= 15 is 0 Å². The second kappa shape index (κ2) is 5.65. The van der Waals surface area contributed by atoms with Gasteiger partial charge in [-0.15, -0.1) is 0 Å². The monoisotopic (exact) mass is 507 g/mol. The maximum absolute atomic E-state index is 12.7. The van der Waals surface area contributed by atoms with Crippen LogP contribution in [0.5, 0.6) is 0 Å². The molecule has 21 heavy (non-hydrogen) atoms. The van der Waals surface area contributed by atoms with E-state index in [0.717, 1.165) is 36.4 Å². The molecule has 1 aromatic carbocycles. The maximum atomic E-state index is 12.7. The largest absolute Gasteiger partial charge is 0.349 e. The van der Waals surface area contributed by atoms with Gasteiger partial charge in [0.05, 0.1) is 5.56 Å². The van der Waals surface area contributed by atoms with Gasteiger partial charge in [0.25, 0.3) is 5.91 Å². The van der Waals surface area contributed by atoms with E-state index in [1.165, 1.54) is 32.1 Å². The van der Waals surface area contributed by atoms with Gasteiger partial charge in [-0.25, -0.2) is 0 Å². The third kappa shape index (κ3) is 2.75. The number of carbonyl (C=O) groups is 1. The predicted molar refractivity (Wildman–Crippen MR) is 100 cm³/mol. The third-order valence-electron chi connectivity index (χ3n) is 5.70. The first kappa shape index (κ1) is 14.7. The molecule has 5 rings (SSSR count). The molecule has 112 valence electrons. The molecule has 0 radical (unpaired) electrons. The molecule has 2 nitrogen and oxygen atoms in total. The Balaban J connectivity index is 1.53. The number of rotatable bonds is 2. The fourth-order valence-corrected chi connectivity index (χ4v) is 6.13. The zero-order chi connectivity index (χ0) is 14.6. The average Bonchev–Trinajstić information content (AvgIpc) is 2.44. The molecule has 0 unspecified atom stereocenters. The molecule has 4 fully saturated rings. The van der Waals surface area contributed by atoms with E-state index in [9.17, 15) is 4.79 Å². The van der Waals surface area contributed by atoms with E-state index in [0.29, 0.717) is 6.04 Å². The molecule has 0 atom stereocenters. The summed E-state index contributed by atoms with van der Waals surface area (Å²) in [5.41, 5.74) is 0.844. The van der Waals surface area contributed by atoms with Crippen molar-refractivity contribution in [3.8, 4) is 0 Å². The quantitative estimate of drug-likeness (QED) is 0.590. The molecule has 0 aliphatic heterocycles. The minimum absolute atomic E-state index is 0.135. The van der Waals surface area contributed by atoms with Gasteiger partial charge in [-0.1, -0.05) is 0 Å². The van der Waals surface area contributed by atoms with E-state index < -0.39 is 0 Å². The van der Waals surface area contributed by atoms with Crippen molar-refractivity contribution in [3.05, 3.63) is 30.9 Å². The first-order valence-corrected chi connectivity index (χ1v) is 10.0. The van der Waals surface area contributed by atoms with Crippen LogP contribution in [-0.2, 0) is 0 Å². The van der Waals surface area contributed by atoms with Gasteiger partial charge >= 0.3 is 0 Å². The molecule has 4 heteroatoms. The fraction of sp³-hybridized carbons (Fsp3) is 0.588. The lowest BCUT2D eigenvalue weighted by Gasteiger charge is -2.54. The zero-order valence-corrected chi connectivity index (χ0v) is 16.1. The fourth-order valence-electron chi connectivity index (χ4n) is 5.06. The Morgan fingerprint density at radius 3 is 2.24 bits per heavy atom. The van der Waals surface area contributed by atoms with E-state index in [1.54, 1.807) is 0 Å². The first-order valence-electron chi connectivity index (χ1n) is 7.86. The Kier molecular flexibility index (Phi) is 3.96. The normalized spacial score (nSPS) is 36.8. The van der Waals surface area contributed by atoms with Crippen LogP contribution in [0.4, 0.5) is 0 Å². The van der Waals surface area contributed by atoms with Gasteiger partial charge < -0.3 is 5.32 Å². The number of benzene rings is 1. The van der Waals surface area contributed by atoms with Gasteiger partial charge in [0, 0.05) is 13.2 Å². The number of carbonyl (C=O) groups excluding carboxylic acids is 1. The molecular weight excluding hydrogens is 488 g/mol. The van der Waals surface area contributed by atoms with Gasteiger partial charge in [-0.3, -0.25) is 4.79 Å². The molecule has 0 heterocycles. The summed E-state index contributed by atoms with van der Waals surface area (Å²) in [6.45, 7) is 0. The smallest absolute Gasteiger partial charge is 0.252 e. The summed E-state index contributed by atoms with van der Waals surface area (Å²) in [5.74, 6) is 3.53. The van der Waals surface area contributed by atoms with Crippen LogP contribution in [0.15, 0.2) is 18.2 Å². The Morgan fingerprint density at radius 1 is 1.00 bits per heavy atom. The summed E-state index contributed by atoms with van der Waals surface area (Å²) < 4.78 is 2.18. The van der Waals surface area contributed by atoms with E-state index in [-0.39, 0.29) is 5.91 Å². The van der Waals surface area contributed by atoms with Crippen molar-refractivity contribution in [2.24, 2.45) is 23.7 Å². The van der Waals surface area contributed by atoms with Gasteiger partial charge in [-0.05, 0) is 119 Å². The predicted octanol–water partition coefficient (Wildman–Crippen LogP) is 4.45. The first-order chi connectivity index (χ1) is 10.1. The van der Waals surface area contributed by atoms with Crippen molar-refractivity contribution in [1.82, 2.24) is 5.32 Å². The van der Waals surface area contributed by atoms with Crippen molar-refractivity contribution in [3.63, 3.8) is 0 Å². The second-order valence-electron chi connectivity index (χ2n) is 7.05. The van der Waals surface area contributed by atoms with Crippen LogP contribution in [0.1, 0.15) is 42.5 Å². The van der Waals surface area contributed by atoms with Crippen LogP contribution in [0.2, 0.25) is 0 Å². The Hall–Kier alpha value is 0.150. The molecule has 1 aromatic rings. The van der Waals surface area contributed by atoms with Gasteiger partial charge in [0.15, 0.2) is 0 Å². The minimum Gasteiger partial charge on any atom is -0.349 e. The van der Waals surface area contributed by atoms with Gasteiger partial charge in [-0.2, -0.15) is 0 Å². The summed E-state index contributed by atoms with van der Waals surface area (Å²) in [6, 6.07) is 6.53. The summed E-state index contributed by atoms with van der Waals surface area (Å²) in [7, 11) is 0. The number of hydrogen-bond donors (Lipinski definition) is 1. The summed E-state index contributed by atoms with van der Waals surface area (Å²) in [6.07, 6.45) is 6.86. The minimum atomic E-state index is 0.135. The molecule has 4 aliphatic carbocycles. The van der Waals surface area contributed by atoms with Crippen molar-refractivity contribution >= 4 is 51.1 Å². The maximum Gasteiger partial charge on any atom is 0.252 e. The van der Waals surface area contributed by atoms with Crippen LogP contribution in [0.3, 0.4) is 0 Å². The van der Waals surface area contributed by atoms with Crippen molar-refractivity contribution in [2.45, 2.75) is 38.1 Å². The molecule has 0 spiro atoms. The molecule has 4 saturated carbocycles. The number of halogens is 2. The van der Waals surface area contributed by atoms with Crippen molar-refractivity contribution < 1.29 is 4.79 Å². The molecule has 4 bridgehead atoms. The van der Waals surface area contributed by atoms with Crippen LogP contribution < -0.4 is 5.32 Å². The second-order valence-corrected chi connectivity index (χ2v) is 9.46. The highest BCUT2D eigenvalue weighted by Crippen LogP contribution is 2.53. The SMILES string of the molecule is O=C(NC1C2CC3CC(C2)CC1C3)c1cc(I)ccc1I. The highest BCUT2D eigenvalue weighted by Gasteiger charge is 2.48. The molecule has 1 N–H and O–H groups in total.